The Balaban J connectivity index is 1.29. The maximum absolute atomic E-state index is 12.7. The van der Waals surface area contributed by atoms with Crippen LogP contribution in [0.15, 0.2) is 48.5 Å². The van der Waals surface area contributed by atoms with E-state index < -0.39 is 30.1 Å². The van der Waals surface area contributed by atoms with Gasteiger partial charge in [0.25, 0.3) is 0 Å². The van der Waals surface area contributed by atoms with E-state index in [0.29, 0.717) is 6.61 Å². The summed E-state index contributed by atoms with van der Waals surface area (Å²) in [6.45, 7) is 4.45. The molecule has 1 heterocycles. The maximum Gasteiger partial charge on any atom is 0.407 e. The fraction of sp³-hybridized carbons (Fsp3) is 0.423. The SMILES string of the molecule is CCOC1CN(C(=O)C[C@H](C)NC(=O)OCC2c3ccccc3-c3ccccc32)CC1C(=O)O. The number of aliphatic carboxylic acids is 1. The molecule has 34 heavy (non-hydrogen) atoms. The molecule has 8 heteroatoms. The molecule has 1 saturated heterocycles. The van der Waals surface area contributed by atoms with E-state index in [1.165, 1.54) is 4.90 Å². The zero-order chi connectivity index (χ0) is 24.2. The van der Waals surface area contributed by atoms with Gasteiger partial charge in [-0.25, -0.2) is 4.79 Å². The number of hydrogen-bond acceptors (Lipinski definition) is 5. The first-order valence-corrected chi connectivity index (χ1v) is 11.6. The van der Waals surface area contributed by atoms with Gasteiger partial charge in [0, 0.05) is 38.1 Å². The molecular formula is C26H30N2O6. The Bertz CT molecular complexity index is 1030. The largest absolute Gasteiger partial charge is 0.481 e. The zero-order valence-corrected chi connectivity index (χ0v) is 19.4. The number of benzene rings is 2. The number of ether oxygens (including phenoxy) is 2. The highest BCUT2D eigenvalue weighted by molar-refractivity contribution is 5.81. The Morgan fingerprint density at radius 3 is 2.26 bits per heavy atom. The second-order valence-corrected chi connectivity index (χ2v) is 8.81. The quantitative estimate of drug-likeness (QED) is 0.619. The van der Waals surface area contributed by atoms with Crippen molar-refractivity contribution in [3.8, 4) is 11.1 Å². The molecule has 0 aromatic heterocycles. The molecule has 0 radical (unpaired) electrons. The smallest absolute Gasteiger partial charge is 0.407 e. The van der Waals surface area contributed by atoms with E-state index in [-0.39, 0.29) is 37.9 Å². The predicted octanol–water partition coefficient (Wildman–Crippen LogP) is 3.25. The van der Waals surface area contributed by atoms with Crippen molar-refractivity contribution >= 4 is 18.0 Å². The van der Waals surface area contributed by atoms with Gasteiger partial charge in [-0.2, -0.15) is 0 Å². The molecule has 2 N–H and O–H groups in total. The first-order chi connectivity index (χ1) is 16.4. The van der Waals surface area contributed by atoms with Gasteiger partial charge >= 0.3 is 12.1 Å². The van der Waals surface area contributed by atoms with Gasteiger partial charge in [0.1, 0.15) is 12.5 Å². The molecule has 2 unspecified atom stereocenters. The van der Waals surface area contributed by atoms with E-state index in [4.69, 9.17) is 9.47 Å². The number of carbonyl (C=O) groups excluding carboxylic acids is 2. The number of amides is 2. The van der Waals surface area contributed by atoms with Crippen molar-refractivity contribution < 1.29 is 29.0 Å². The molecule has 180 valence electrons. The summed E-state index contributed by atoms with van der Waals surface area (Å²) in [5.74, 6) is -1.98. The van der Waals surface area contributed by atoms with Crippen molar-refractivity contribution in [1.82, 2.24) is 10.2 Å². The third-order valence-corrected chi connectivity index (χ3v) is 6.51. The molecule has 8 nitrogen and oxygen atoms in total. The molecule has 2 amide bonds. The fourth-order valence-corrected chi connectivity index (χ4v) is 4.88. The summed E-state index contributed by atoms with van der Waals surface area (Å²) >= 11 is 0. The summed E-state index contributed by atoms with van der Waals surface area (Å²) in [4.78, 5) is 38.1. The fourth-order valence-electron chi connectivity index (χ4n) is 4.88. The average molecular weight is 467 g/mol. The van der Waals surface area contributed by atoms with Crippen molar-refractivity contribution in [2.24, 2.45) is 5.92 Å². The van der Waals surface area contributed by atoms with Crippen LogP contribution in [0.4, 0.5) is 4.79 Å². The second-order valence-electron chi connectivity index (χ2n) is 8.81. The van der Waals surface area contributed by atoms with Crippen molar-refractivity contribution in [3.05, 3.63) is 59.7 Å². The minimum absolute atomic E-state index is 0.0388. The van der Waals surface area contributed by atoms with E-state index >= 15 is 0 Å². The highest BCUT2D eigenvalue weighted by Gasteiger charge is 2.40. The number of alkyl carbamates (subject to hydrolysis) is 1. The Kier molecular flexibility index (Phi) is 7.17. The van der Waals surface area contributed by atoms with Crippen LogP contribution in [0.25, 0.3) is 11.1 Å². The number of carbonyl (C=O) groups is 3. The number of fused-ring (bicyclic) bond motifs is 3. The van der Waals surface area contributed by atoms with Crippen LogP contribution < -0.4 is 5.32 Å². The van der Waals surface area contributed by atoms with Gasteiger partial charge in [0.15, 0.2) is 0 Å². The number of likely N-dealkylation sites (tertiary alicyclic amines) is 1. The van der Waals surface area contributed by atoms with Crippen LogP contribution in [-0.2, 0) is 19.1 Å². The lowest BCUT2D eigenvalue weighted by molar-refractivity contribution is -0.145. The standard InChI is InChI=1S/C26H30N2O6/c1-3-33-23-14-28(13-21(23)25(30)31)24(29)12-16(2)27-26(32)34-15-22-19-10-6-4-8-17(19)18-9-5-7-11-20(18)22/h4-11,16,21-23H,3,12-15H2,1-2H3,(H,27,32)(H,30,31)/t16-,21?,23?/m0/s1. The number of nitrogens with zero attached hydrogens (tertiary/aromatic N) is 1. The minimum atomic E-state index is -0.974. The topological polar surface area (TPSA) is 105 Å². The molecule has 0 saturated carbocycles. The summed E-state index contributed by atoms with van der Waals surface area (Å²) in [5.41, 5.74) is 4.57. The summed E-state index contributed by atoms with van der Waals surface area (Å²) in [6, 6.07) is 15.8. The lowest BCUT2D eigenvalue weighted by Crippen LogP contribution is -2.39. The normalized spacial score (nSPS) is 19.9. The maximum atomic E-state index is 12.7. The number of carboxylic acid groups (broad SMARTS) is 1. The lowest BCUT2D eigenvalue weighted by atomic mass is 9.98. The molecule has 2 aliphatic rings. The van der Waals surface area contributed by atoms with Crippen LogP contribution in [0.5, 0.6) is 0 Å². The summed E-state index contributed by atoms with van der Waals surface area (Å²) in [5, 5.41) is 12.1. The molecule has 4 rings (SSSR count). The molecule has 0 bridgehead atoms. The third kappa shape index (κ3) is 4.92. The van der Waals surface area contributed by atoms with Gasteiger partial charge in [-0.1, -0.05) is 48.5 Å². The minimum Gasteiger partial charge on any atom is -0.481 e. The average Bonchev–Trinajstić information content (AvgIpc) is 3.38. The third-order valence-electron chi connectivity index (χ3n) is 6.51. The summed E-state index contributed by atoms with van der Waals surface area (Å²) in [7, 11) is 0. The van der Waals surface area contributed by atoms with Crippen LogP contribution in [0, 0.1) is 5.92 Å². The number of hydrogen-bond donors (Lipinski definition) is 2. The number of nitrogens with one attached hydrogen (secondary N) is 1. The molecule has 2 aromatic carbocycles. The van der Waals surface area contributed by atoms with Crippen molar-refractivity contribution in [2.75, 3.05) is 26.3 Å². The predicted molar refractivity (Wildman–Crippen MR) is 125 cm³/mol. The van der Waals surface area contributed by atoms with Crippen LogP contribution in [0.2, 0.25) is 0 Å². The Morgan fingerprint density at radius 1 is 1.06 bits per heavy atom. The molecule has 1 fully saturated rings. The molecule has 0 spiro atoms. The van der Waals surface area contributed by atoms with Crippen molar-refractivity contribution in [2.45, 2.75) is 38.3 Å². The van der Waals surface area contributed by atoms with Gasteiger partial charge in [0.2, 0.25) is 5.91 Å². The molecule has 2 aromatic rings. The Labute approximate surface area is 198 Å². The van der Waals surface area contributed by atoms with Crippen molar-refractivity contribution in [1.29, 1.82) is 0 Å². The van der Waals surface area contributed by atoms with E-state index in [1.54, 1.807) is 13.8 Å². The van der Waals surface area contributed by atoms with Crippen LogP contribution in [0.1, 0.15) is 37.3 Å². The highest BCUT2D eigenvalue weighted by atomic mass is 16.5. The van der Waals surface area contributed by atoms with E-state index in [0.717, 1.165) is 22.3 Å². The van der Waals surface area contributed by atoms with Gasteiger partial charge in [-0.3, -0.25) is 9.59 Å². The first kappa shape index (κ1) is 23.8. The van der Waals surface area contributed by atoms with E-state index in [1.807, 2.05) is 24.3 Å². The number of carboxylic acids is 1. The lowest BCUT2D eigenvalue weighted by Gasteiger charge is -2.20. The molecular weight excluding hydrogens is 436 g/mol. The summed E-state index contributed by atoms with van der Waals surface area (Å²) < 4.78 is 11.0. The zero-order valence-electron chi connectivity index (χ0n) is 19.4. The number of rotatable bonds is 8. The van der Waals surface area contributed by atoms with E-state index in [9.17, 15) is 19.5 Å². The first-order valence-electron chi connectivity index (χ1n) is 11.6. The molecule has 3 atom stereocenters. The van der Waals surface area contributed by atoms with E-state index in [2.05, 4.69) is 29.6 Å². The van der Waals surface area contributed by atoms with Crippen molar-refractivity contribution in [3.63, 3.8) is 0 Å². The van der Waals surface area contributed by atoms with Crippen LogP contribution >= 0.6 is 0 Å². The Hall–Kier alpha value is -3.39. The Morgan fingerprint density at radius 2 is 1.68 bits per heavy atom. The molecule has 1 aliphatic heterocycles. The molecule has 1 aliphatic carbocycles. The highest BCUT2D eigenvalue weighted by Crippen LogP contribution is 2.44. The monoisotopic (exact) mass is 466 g/mol. The summed E-state index contributed by atoms with van der Waals surface area (Å²) in [6.07, 6.45) is -1.05. The van der Waals surface area contributed by atoms with Gasteiger partial charge in [-0.05, 0) is 36.1 Å². The second kappa shape index (κ2) is 10.3. The van der Waals surface area contributed by atoms with Gasteiger partial charge in [-0.15, -0.1) is 0 Å². The van der Waals surface area contributed by atoms with Gasteiger partial charge in [0.05, 0.1) is 6.10 Å². The van der Waals surface area contributed by atoms with Gasteiger partial charge < -0.3 is 24.8 Å². The van der Waals surface area contributed by atoms with Crippen LogP contribution in [0.3, 0.4) is 0 Å². The van der Waals surface area contributed by atoms with Crippen LogP contribution in [-0.4, -0.2) is 66.4 Å².